The van der Waals surface area contributed by atoms with E-state index in [-0.39, 0.29) is 29.3 Å². The number of hydrogen-bond acceptors (Lipinski definition) is 8. The van der Waals surface area contributed by atoms with Crippen LogP contribution in [0.3, 0.4) is 0 Å². The Labute approximate surface area is 205 Å². The molecule has 0 spiro atoms. The molecule has 34 heavy (non-hydrogen) atoms. The van der Waals surface area contributed by atoms with Gasteiger partial charge in [0.2, 0.25) is 5.91 Å². The van der Waals surface area contributed by atoms with Crippen LogP contribution in [0.25, 0.3) is 0 Å². The van der Waals surface area contributed by atoms with Gasteiger partial charge in [-0.1, -0.05) is 49.0 Å². The van der Waals surface area contributed by atoms with Gasteiger partial charge in [-0.05, 0) is 12.5 Å². The van der Waals surface area contributed by atoms with Gasteiger partial charge in [0, 0.05) is 31.0 Å². The number of aromatic nitrogens is 3. The number of thioether (sulfide) groups is 2. The Hall–Kier alpha value is -2.57. The van der Waals surface area contributed by atoms with Gasteiger partial charge in [0.1, 0.15) is 22.7 Å². The van der Waals surface area contributed by atoms with Crippen molar-refractivity contribution in [3.8, 4) is 0 Å². The molecule has 4 atom stereocenters. The molecule has 10 nitrogen and oxygen atoms in total. The van der Waals surface area contributed by atoms with E-state index in [1.807, 2.05) is 18.4 Å². The second kappa shape index (κ2) is 9.96. The summed E-state index contributed by atoms with van der Waals surface area (Å²) in [5.41, 5.74) is -0.704. The van der Waals surface area contributed by atoms with Crippen LogP contribution in [0, 0.1) is 5.41 Å². The fraction of sp³-hybridized carbons (Fsp3) is 0.500. The van der Waals surface area contributed by atoms with Crippen LogP contribution in [0.2, 0.25) is 0 Å². The number of carbonyl (C=O) groups is 3. The normalized spacial score (nSPS) is 24.8. The number of amides is 2. The van der Waals surface area contributed by atoms with E-state index in [9.17, 15) is 24.6 Å². The highest BCUT2D eigenvalue weighted by Crippen LogP contribution is 2.44. The number of carbonyl (C=O) groups excluding carboxylic acids is 2. The Kier molecular flexibility index (Phi) is 7.20. The highest BCUT2D eigenvalue weighted by molar-refractivity contribution is 8.00. The molecule has 2 aliphatic rings. The summed E-state index contributed by atoms with van der Waals surface area (Å²) in [7, 11) is 0. The van der Waals surface area contributed by atoms with Crippen molar-refractivity contribution < 1.29 is 24.6 Å². The van der Waals surface area contributed by atoms with Crippen LogP contribution in [0.5, 0.6) is 0 Å². The second-order valence-corrected chi connectivity index (χ2v) is 10.4. The minimum atomic E-state index is -1.38. The molecule has 3 unspecified atom stereocenters. The van der Waals surface area contributed by atoms with Gasteiger partial charge < -0.3 is 25.0 Å². The third kappa shape index (κ3) is 4.41. The quantitative estimate of drug-likeness (QED) is 0.338. The van der Waals surface area contributed by atoms with Crippen LogP contribution in [0.1, 0.15) is 31.3 Å². The van der Waals surface area contributed by atoms with Gasteiger partial charge in [0.25, 0.3) is 5.91 Å². The van der Waals surface area contributed by atoms with Crippen LogP contribution < -0.4 is 5.32 Å². The molecule has 3 heterocycles. The van der Waals surface area contributed by atoms with Gasteiger partial charge >= 0.3 is 5.97 Å². The van der Waals surface area contributed by atoms with Gasteiger partial charge in [-0.15, -0.1) is 22.0 Å². The highest BCUT2D eigenvalue weighted by Gasteiger charge is 2.57. The molecule has 2 aliphatic heterocycles. The maximum absolute atomic E-state index is 12.8. The van der Waals surface area contributed by atoms with Crippen LogP contribution in [-0.2, 0) is 27.3 Å². The second-order valence-electron chi connectivity index (χ2n) is 8.34. The fourth-order valence-electron chi connectivity index (χ4n) is 4.13. The molecule has 2 aromatic rings. The maximum atomic E-state index is 12.8. The Bertz CT molecular complexity index is 1080. The molecule has 2 amide bonds. The summed E-state index contributed by atoms with van der Waals surface area (Å²) in [5.74, 6) is -0.575. The first kappa shape index (κ1) is 24.6. The lowest BCUT2D eigenvalue weighted by molar-refractivity contribution is -0.158. The number of benzene rings is 1. The molecule has 182 valence electrons. The van der Waals surface area contributed by atoms with Gasteiger partial charge in [-0.25, -0.2) is 0 Å². The van der Waals surface area contributed by atoms with E-state index in [0.29, 0.717) is 17.3 Å². The summed E-state index contributed by atoms with van der Waals surface area (Å²) >= 11 is 2.67. The number of hydrogen-bond donors (Lipinski definition) is 3. The van der Waals surface area contributed by atoms with Crippen molar-refractivity contribution in [1.82, 2.24) is 25.0 Å². The van der Waals surface area contributed by atoms with Crippen molar-refractivity contribution in [3.63, 3.8) is 0 Å². The Morgan fingerprint density at radius 2 is 2.03 bits per heavy atom. The van der Waals surface area contributed by atoms with E-state index in [4.69, 9.17) is 0 Å². The molecule has 2 saturated heterocycles. The molecule has 0 bridgehead atoms. The van der Waals surface area contributed by atoms with E-state index >= 15 is 0 Å². The summed E-state index contributed by atoms with van der Waals surface area (Å²) in [6, 6.07) is 7.70. The number of aliphatic carboxylic acids is 1. The zero-order valence-corrected chi connectivity index (χ0v) is 20.5. The topological polar surface area (TPSA) is 138 Å². The van der Waals surface area contributed by atoms with Crippen molar-refractivity contribution in [2.45, 2.75) is 49.5 Å². The maximum Gasteiger partial charge on any atom is 0.313 e. The number of rotatable bonds is 9. The minimum absolute atomic E-state index is 0.0559. The Morgan fingerprint density at radius 1 is 1.29 bits per heavy atom. The lowest BCUT2D eigenvalue weighted by Crippen LogP contribution is -2.74. The number of carboxylic acid groups (broad SMARTS) is 1. The van der Waals surface area contributed by atoms with Crippen molar-refractivity contribution in [2.75, 3.05) is 18.1 Å². The predicted octanol–water partition coefficient (Wildman–Crippen LogP) is 1.16. The molecule has 12 heteroatoms. The lowest BCUT2D eigenvalue weighted by Gasteiger charge is -2.53. The third-order valence-corrected chi connectivity index (χ3v) is 9.01. The minimum Gasteiger partial charge on any atom is -0.481 e. The van der Waals surface area contributed by atoms with Gasteiger partial charge in [-0.3, -0.25) is 14.4 Å². The number of nitrogens with zero attached hydrogens (tertiary/aromatic N) is 4. The van der Waals surface area contributed by atoms with E-state index in [1.54, 1.807) is 30.3 Å². The number of aliphatic hydroxyl groups is 1. The van der Waals surface area contributed by atoms with Crippen molar-refractivity contribution in [1.29, 1.82) is 0 Å². The first-order valence-electron chi connectivity index (χ1n) is 11.0. The molecular weight excluding hydrogens is 478 g/mol. The number of carboxylic acids is 1. The van der Waals surface area contributed by atoms with Crippen LogP contribution in [-0.4, -0.2) is 77.1 Å². The zero-order chi connectivity index (χ0) is 24.5. The Morgan fingerprint density at radius 3 is 2.68 bits per heavy atom. The molecule has 1 aromatic carbocycles. The van der Waals surface area contributed by atoms with E-state index in [1.165, 1.54) is 28.4 Å². The van der Waals surface area contributed by atoms with E-state index in [2.05, 4.69) is 15.5 Å². The predicted molar refractivity (Wildman–Crippen MR) is 127 cm³/mol. The lowest BCUT2D eigenvalue weighted by atomic mass is 9.89. The van der Waals surface area contributed by atoms with Crippen molar-refractivity contribution in [2.24, 2.45) is 5.41 Å². The fourth-order valence-corrected chi connectivity index (χ4v) is 7.01. The molecule has 2 fully saturated rings. The van der Waals surface area contributed by atoms with Crippen molar-refractivity contribution in [3.05, 3.63) is 41.7 Å². The third-order valence-electron chi connectivity index (χ3n) is 6.16. The first-order chi connectivity index (χ1) is 16.3. The monoisotopic (exact) mass is 505 g/mol. The number of aliphatic hydroxyl groups excluding tert-OH is 1. The number of β-lactam (4-membered cyclic amide) rings is 1. The van der Waals surface area contributed by atoms with Gasteiger partial charge in [0.15, 0.2) is 11.3 Å². The highest BCUT2D eigenvalue weighted by atomic mass is 32.2. The molecular formula is C22H27N5O5S2. The van der Waals surface area contributed by atoms with Crippen LogP contribution in [0.15, 0.2) is 35.5 Å². The molecule has 3 N–H and O–H groups in total. The molecule has 0 radical (unpaired) electrons. The summed E-state index contributed by atoms with van der Waals surface area (Å²) in [6.45, 7) is 4.73. The van der Waals surface area contributed by atoms with E-state index < -0.39 is 29.4 Å². The average Bonchev–Trinajstić information content (AvgIpc) is 3.27. The number of nitrogens with one attached hydrogen (secondary N) is 1. The summed E-state index contributed by atoms with van der Waals surface area (Å²) in [5, 5.41) is 31.7. The smallest absolute Gasteiger partial charge is 0.313 e. The molecule has 1 aromatic heterocycles. The summed E-state index contributed by atoms with van der Waals surface area (Å²) in [6.07, 6.45) is -0.646. The van der Waals surface area contributed by atoms with Gasteiger partial charge in [0.05, 0.1) is 0 Å². The number of fused-ring (bicyclic) bond motifs is 1. The van der Waals surface area contributed by atoms with Gasteiger partial charge in [-0.2, -0.15) is 0 Å². The Balaban J connectivity index is 1.40. The van der Waals surface area contributed by atoms with Crippen molar-refractivity contribution >= 4 is 41.3 Å². The molecule has 4 rings (SSSR count). The summed E-state index contributed by atoms with van der Waals surface area (Å²) in [4.78, 5) is 39.1. The largest absolute Gasteiger partial charge is 0.481 e. The van der Waals surface area contributed by atoms with Crippen LogP contribution in [0.4, 0.5) is 0 Å². The summed E-state index contributed by atoms with van der Waals surface area (Å²) < 4.78 is 1.97. The number of aryl methyl sites for hydroxylation is 1. The van der Waals surface area contributed by atoms with E-state index in [0.717, 1.165) is 12.2 Å². The zero-order valence-electron chi connectivity index (χ0n) is 18.9. The first-order valence-corrected chi connectivity index (χ1v) is 13.1. The average molecular weight is 506 g/mol. The van der Waals surface area contributed by atoms with Crippen LogP contribution >= 0.6 is 23.5 Å². The molecule has 0 saturated carbocycles. The standard InChI is InChI=1S/C22H27N5O5S2/c1-3-14-24-25-21(26(14)4-2)34-12-22(20(31)32)10-27-18(30)15(19(27)33-11-22)23-17(29)16(28)13-8-6-5-7-9-13/h5-9,15-16,19,28H,3-4,10-12H2,1-2H3,(H,23,29)(H,31,32)/t15?,16?,19-,22?/m1/s1. The molecule has 0 aliphatic carbocycles. The SMILES string of the molecule is CCc1nnc(SCC2(C(=O)O)CS[C@@H]3C(NC(=O)C(O)c4ccccc4)C(=O)N3C2)n1CC.